The number of amides is 1. The second-order valence-corrected chi connectivity index (χ2v) is 8.11. The van der Waals surface area contributed by atoms with Gasteiger partial charge in [-0.1, -0.05) is 6.07 Å². The Bertz CT molecular complexity index is 1010. The first-order valence-corrected chi connectivity index (χ1v) is 9.88. The monoisotopic (exact) mass is 411 g/mol. The predicted molar refractivity (Wildman–Crippen MR) is 98.0 cm³/mol. The van der Waals surface area contributed by atoms with Gasteiger partial charge in [0.25, 0.3) is 5.91 Å². The number of methoxy groups -OCH3 is 1. The highest BCUT2D eigenvalue weighted by molar-refractivity contribution is 7.94. The van der Waals surface area contributed by atoms with E-state index < -0.39 is 33.5 Å². The highest BCUT2D eigenvalue weighted by Gasteiger charge is 2.34. The normalized spacial score (nSPS) is 18.1. The van der Waals surface area contributed by atoms with E-state index in [9.17, 15) is 26.4 Å². The van der Waals surface area contributed by atoms with E-state index in [1.807, 2.05) is 0 Å². The summed E-state index contributed by atoms with van der Waals surface area (Å²) in [5.74, 6) is -0.559. The van der Waals surface area contributed by atoms with Crippen LogP contribution in [0.1, 0.15) is 15.9 Å². The fourth-order valence-electron chi connectivity index (χ4n) is 2.89. The molecule has 148 valence electrons. The van der Waals surface area contributed by atoms with Crippen LogP contribution in [0.15, 0.2) is 60.0 Å². The van der Waals surface area contributed by atoms with E-state index in [4.69, 9.17) is 4.74 Å². The van der Waals surface area contributed by atoms with Crippen LogP contribution in [0, 0.1) is 0 Å². The topological polar surface area (TPSA) is 63.7 Å². The van der Waals surface area contributed by atoms with Crippen LogP contribution < -0.4 is 9.64 Å². The molecular weight excluding hydrogens is 395 g/mol. The average Bonchev–Trinajstić information content (AvgIpc) is 3.01. The number of hydrogen-bond acceptors (Lipinski definition) is 4. The Hall–Kier alpha value is -2.81. The van der Waals surface area contributed by atoms with Gasteiger partial charge in [0.05, 0.1) is 24.5 Å². The molecule has 1 heterocycles. The summed E-state index contributed by atoms with van der Waals surface area (Å²) >= 11 is 0. The summed E-state index contributed by atoms with van der Waals surface area (Å²) < 4.78 is 67.8. The highest BCUT2D eigenvalue weighted by atomic mass is 32.2. The number of halogens is 3. The van der Waals surface area contributed by atoms with Gasteiger partial charge in [-0.25, -0.2) is 8.42 Å². The van der Waals surface area contributed by atoms with Crippen molar-refractivity contribution in [3.05, 3.63) is 71.1 Å². The van der Waals surface area contributed by atoms with Gasteiger partial charge in [0.15, 0.2) is 9.84 Å². The van der Waals surface area contributed by atoms with E-state index in [0.29, 0.717) is 11.4 Å². The van der Waals surface area contributed by atoms with Gasteiger partial charge in [-0.05, 0) is 48.5 Å². The molecule has 1 aliphatic heterocycles. The zero-order valence-corrected chi connectivity index (χ0v) is 15.5. The summed E-state index contributed by atoms with van der Waals surface area (Å²) in [6, 6.07) is 9.45. The number of ether oxygens (including phenoxy) is 1. The summed E-state index contributed by atoms with van der Waals surface area (Å²) in [5.41, 5.74) is -0.805. The Balaban J connectivity index is 2.03. The van der Waals surface area contributed by atoms with E-state index in [1.54, 1.807) is 24.3 Å². The van der Waals surface area contributed by atoms with E-state index in [-0.39, 0.29) is 11.3 Å². The number of carbonyl (C=O) groups is 1. The first kappa shape index (κ1) is 19.9. The largest absolute Gasteiger partial charge is 0.497 e. The van der Waals surface area contributed by atoms with Crippen LogP contribution in [-0.4, -0.2) is 33.2 Å². The SMILES string of the molecule is COc1ccc(N(C(=O)c2cccc(C(F)(F)F)c2)[C@@H]2C=CS(=O)(=O)C2)cc1. The minimum atomic E-state index is -4.60. The van der Waals surface area contributed by atoms with E-state index >= 15 is 0 Å². The van der Waals surface area contributed by atoms with Gasteiger partial charge in [0.1, 0.15) is 5.75 Å². The van der Waals surface area contributed by atoms with Crippen molar-refractivity contribution in [3.63, 3.8) is 0 Å². The lowest BCUT2D eigenvalue weighted by molar-refractivity contribution is -0.137. The van der Waals surface area contributed by atoms with Crippen LogP contribution in [0.3, 0.4) is 0 Å². The van der Waals surface area contributed by atoms with Crippen LogP contribution in [-0.2, 0) is 16.0 Å². The number of anilines is 1. The molecule has 0 aliphatic carbocycles. The number of sulfone groups is 1. The zero-order valence-electron chi connectivity index (χ0n) is 14.7. The van der Waals surface area contributed by atoms with E-state index in [1.165, 1.54) is 24.2 Å². The molecule has 1 atom stereocenters. The molecule has 1 amide bonds. The summed E-state index contributed by atoms with van der Waals surface area (Å²) in [7, 11) is -2.02. The number of alkyl halides is 3. The average molecular weight is 411 g/mol. The molecule has 0 bridgehead atoms. The third-order valence-electron chi connectivity index (χ3n) is 4.25. The van der Waals surface area contributed by atoms with Gasteiger partial charge < -0.3 is 9.64 Å². The molecule has 0 aromatic heterocycles. The van der Waals surface area contributed by atoms with Gasteiger partial charge in [0, 0.05) is 16.7 Å². The molecule has 0 N–H and O–H groups in total. The molecule has 0 radical (unpaired) electrons. The van der Waals surface area contributed by atoms with Crippen LogP contribution in [0.25, 0.3) is 0 Å². The third-order valence-corrected chi connectivity index (χ3v) is 5.63. The smallest absolute Gasteiger partial charge is 0.416 e. The maximum atomic E-state index is 13.1. The van der Waals surface area contributed by atoms with E-state index in [2.05, 4.69) is 0 Å². The second-order valence-electron chi connectivity index (χ2n) is 6.18. The number of rotatable bonds is 4. The first-order valence-electron chi connectivity index (χ1n) is 8.16. The Kier molecular flexibility index (Phi) is 5.20. The summed E-state index contributed by atoms with van der Waals surface area (Å²) in [6.45, 7) is 0. The minimum absolute atomic E-state index is 0.191. The van der Waals surface area contributed by atoms with Crippen molar-refractivity contribution < 1.29 is 31.1 Å². The van der Waals surface area contributed by atoms with Gasteiger partial charge in [0.2, 0.25) is 0 Å². The quantitative estimate of drug-likeness (QED) is 0.770. The lowest BCUT2D eigenvalue weighted by Gasteiger charge is -2.28. The number of nitrogens with zero attached hydrogens (tertiary/aromatic N) is 1. The van der Waals surface area contributed by atoms with Gasteiger partial charge >= 0.3 is 6.18 Å². The van der Waals surface area contributed by atoms with Crippen molar-refractivity contribution in [1.29, 1.82) is 0 Å². The minimum Gasteiger partial charge on any atom is -0.497 e. The van der Waals surface area contributed by atoms with Crippen LogP contribution in [0.4, 0.5) is 18.9 Å². The van der Waals surface area contributed by atoms with Gasteiger partial charge in [-0.2, -0.15) is 13.2 Å². The van der Waals surface area contributed by atoms with Crippen LogP contribution in [0.5, 0.6) is 5.75 Å². The zero-order chi connectivity index (χ0) is 20.5. The molecule has 3 rings (SSSR count). The van der Waals surface area contributed by atoms with E-state index in [0.717, 1.165) is 23.6 Å². The van der Waals surface area contributed by atoms with Gasteiger partial charge in [-0.3, -0.25) is 4.79 Å². The standard InChI is InChI=1S/C19H16F3NO4S/c1-27-17-7-5-15(6-8-17)23(16-9-10-28(25,26)12-16)18(24)13-3-2-4-14(11-13)19(20,21)22/h2-11,16H,12H2,1H3/t16-/m1/s1. The van der Waals surface area contributed by atoms with Crippen molar-refractivity contribution >= 4 is 21.4 Å². The molecule has 1 aliphatic rings. The lowest BCUT2D eigenvalue weighted by atomic mass is 10.1. The van der Waals surface area contributed by atoms with Gasteiger partial charge in [-0.15, -0.1) is 0 Å². The van der Waals surface area contributed by atoms with Crippen LogP contribution in [0.2, 0.25) is 0 Å². The fraction of sp³-hybridized carbons (Fsp3) is 0.211. The summed E-state index contributed by atoms with van der Waals surface area (Å²) in [6.07, 6.45) is -3.25. The number of carbonyl (C=O) groups excluding carboxylic acids is 1. The maximum absolute atomic E-state index is 13.1. The Morgan fingerprint density at radius 3 is 2.36 bits per heavy atom. The summed E-state index contributed by atoms with van der Waals surface area (Å²) in [4.78, 5) is 14.3. The molecule has 2 aromatic rings. The summed E-state index contributed by atoms with van der Waals surface area (Å²) in [5, 5.41) is 1.01. The van der Waals surface area contributed by atoms with Crippen molar-refractivity contribution in [1.82, 2.24) is 0 Å². The molecule has 5 nitrogen and oxygen atoms in total. The molecule has 0 spiro atoms. The number of hydrogen-bond donors (Lipinski definition) is 0. The van der Waals surface area contributed by atoms with Crippen molar-refractivity contribution in [3.8, 4) is 5.75 Å². The predicted octanol–water partition coefficient (Wildman–Crippen LogP) is 3.67. The third kappa shape index (κ3) is 4.19. The highest BCUT2D eigenvalue weighted by Crippen LogP contribution is 2.31. The molecule has 28 heavy (non-hydrogen) atoms. The molecule has 0 saturated heterocycles. The van der Waals surface area contributed by atoms with Crippen molar-refractivity contribution in [2.24, 2.45) is 0 Å². The van der Waals surface area contributed by atoms with Crippen molar-refractivity contribution in [2.75, 3.05) is 17.8 Å². The molecular formula is C19H16F3NO4S. The molecule has 2 aromatic carbocycles. The Morgan fingerprint density at radius 2 is 1.82 bits per heavy atom. The number of benzene rings is 2. The Morgan fingerprint density at radius 1 is 1.14 bits per heavy atom. The molecule has 0 fully saturated rings. The van der Waals surface area contributed by atoms with Crippen LogP contribution >= 0.6 is 0 Å². The van der Waals surface area contributed by atoms with Crippen molar-refractivity contribution in [2.45, 2.75) is 12.2 Å². The molecule has 0 saturated carbocycles. The fourth-order valence-corrected chi connectivity index (χ4v) is 4.16. The maximum Gasteiger partial charge on any atom is 0.416 e. The lowest BCUT2D eigenvalue weighted by Crippen LogP contribution is -2.41. The first-order chi connectivity index (χ1) is 13.1. The second kappa shape index (κ2) is 7.31. The Labute approximate surface area is 160 Å². The molecule has 0 unspecified atom stereocenters. The molecule has 9 heteroatoms.